The fourth-order valence-electron chi connectivity index (χ4n) is 7.77. The van der Waals surface area contributed by atoms with Crippen LogP contribution in [-0.4, -0.2) is 71.3 Å². The molecule has 4 aliphatic rings. The van der Waals surface area contributed by atoms with Gasteiger partial charge in [-0.1, -0.05) is 32.9 Å². The number of ether oxygens (including phenoxy) is 6. The molecular weight excluding hydrogens is 670 g/mol. The number of amides is 1. The van der Waals surface area contributed by atoms with Crippen molar-refractivity contribution in [3.05, 3.63) is 88.0 Å². The number of methoxy groups -OCH3 is 4. The predicted molar refractivity (Wildman–Crippen MR) is 206 cm³/mol. The van der Waals surface area contributed by atoms with Crippen LogP contribution in [0.5, 0.6) is 46.0 Å². The van der Waals surface area contributed by atoms with Crippen LogP contribution in [0, 0.1) is 5.41 Å². The molecule has 0 spiro atoms. The lowest BCUT2D eigenvalue weighted by atomic mass is 9.86. The van der Waals surface area contributed by atoms with E-state index in [0.717, 1.165) is 49.0 Å². The highest BCUT2D eigenvalue weighted by molar-refractivity contribution is 5.95. The second-order valence-corrected chi connectivity index (χ2v) is 15.3. The van der Waals surface area contributed by atoms with Gasteiger partial charge in [0.05, 0.1) is 28.4 Å². The summed E-state index contributed by atoms with van der Waals surface area (Å²) in [6, 6.07) is 18.4. The summed E-state index contributed by atoms with van der Waals surface area (Å²) in [5, 5.41) is 3.21. The minimum atomic E-state index is -0.618. The second-order valence-electron chi connectivity index (χ2n) is 15.3. The number of fused-ring (bicyclic) bond motifs is 2. The molecule has 1 amide bonds. The fraction of sp³-hybridized carbons (Fsp3) is 0.419. The van der Waals surface area contributed by atoms with Crippen molar-refractivity contribution in [1.29, 1.82) is 0 Å². The minimum absolute atomic E-state index is 0.101. The molecule has 2 atom stereocenters. The fourth-order valence-corrected chi connectivity index (χ4v) is 7.77. The lowest BCUT2D eigenvalue weighted by Crippen LogP contribution is -2.34. The summed E-state index contributed by atoms with van der Waals surface area (Å²) >= 11 is 0. The number of anilines is 1. The molecular formula is C43H51N3O7. The molecule has 280 valence electrons. The lowest BCUT2D eigenvalue weighted by molar-refractivity contribution is -0.123. The number of carbonyl (C=O) groups excluding carboxylic acids is 1. The summed E-state index contributed by atoms with van der Waals surface area (Å²) in [7, 11) is 10.9. The quantitative estimate of drug-likeness (QED) is 0.219. The van der Waals surface area contributed by atoms with E-state index in [0.29, 0.717) is 58.1 Å². The molecule has 0 saturated carbocycles. The molecule has 10 nitrogen and oxygen atoms in total. The van der Waals surface area contributed by atoms with E-state index in [1.54, 1.807) is 28.4 Å². The van der Waals surface area contributed by atoms with Crippen molar-refractivity contribution in [3.8, 4) is 46.0 Å². The first-order chi connectivity index (χ1) is 25.4. The van der Waals surface area contributed by atoms with Gasteiger partial charge in [-0.05, 0) is 104 Å². The van der Waals surface area contributed by atoms with Gasteiger partial charge >= 0.3 is 0 Å². The Hall–Kier alpha value is -4.93. The minimum Gasteiger partial charge on any atom is -0.493 e. The van der Waals surface area contributed by atoms with Crippen LogP contribution in [0.2, 0.25) is 0 Å². The van der Waals surface area contributed by atoms with Crippen molar-refractivity contribution in [2.45, 2.75) is 58.5 Å². The zero-order valence-electron chi connectivity index (χ0n) is 32.3. The van der Waals surface area contributed by atoms with Crippen molar-refractivity contribution < 1.29 is 33.2 Å². The molecule has 4 aliphatic heterocycles. The maximum Gasteiger partial charge on any atom is 0.229 e. The normalized spacial score (nSPS) is 18.4. The van der Waals surface area contributed by atoms with Crippen molar-refractivity contribution in [1.82, 2.24) is 9.80 Å². The first-order valence-corrected chi connectivity index (χ1v) is 18.3. The third kappa shape index (κ3) is 6.98. The van der Waals surface area contributed by atoms with Gasteiger partial charge in [0.15, 0.2) is 34.5 Å². The van der Waals surface area contributed by atoms with Crippen LogP contribution in [0.3, 0.4) is 0 Å². The Morgan fingerprint density at radius 3 is 2.00 bits per heavy atom. The van der Waals surface area contributed by atoms with Gasteiger partial charge in [0, 0.05) is 47.9 Å². The van der Waals surface area contributed by atoms with Gasteiger partial charge < -0.3 is 33.7 Å². The lowest BCUT2D eigenvalue weighted by Gasteiger charge is -2.38. The summed E-state index contributed by atoms with van der Waals surface area (Å²) in [5.74, 6) is 4.64. The van der Waals surface area contributed by atoms with Crippen LogP contribution in [0.1, 0.15) is 66.2 Å². The van der Waals surface area contributed by atoms with Gasteiger partial charge in [0.25, 0.3) is 0 Å². The Labute approximate surface area is 312 Å². The Kier molecular flexibility index (Phi) is 9.95. The van der Waals surface area contributed by atoms with E-state index in [9.17, 15) is 4.79 Å². The van der Waals surface area contributed by atoms with Crippen LogP contribution in [-0.2, 0) is 30.5 Å². The molecule has 0 saturated heterocycles. The van der Waals surface area contributed by atoms with Gasteiger partial charge in [0.1, 0.15) is 5.75 Å². The number of hydrogen-bond donors (Lipinski definition) is 1. The molecule has 1 N–H and O–H groups in total. The Morgan fingerprint density at radius 2 is 1.34 bits per heavy atom. The van der Waals surface area contributed by atoms with Gasteiger partial charge in [0.2, 0.25) is 11.7 Å². The Morgan fingerprint density at radius 1 is 0.717 bits per heavy atom. The second kappa shape index (κ2) is 14.5. The smallest absolute Gasteiger partial charge is 0.229 e. The number of nitrogens with one attached hydrogen (secondary N) is 1. The molecule has 0 radical (unpaired) electrons. The Balaban J connectivity index is 1.48. The van der Waals surface area contributed by atoms with E-state index < -0.39 is 5.41 Å². The number of hydrogen-bond acceptors (Lipinski definition) is 9. The average molecular weight is 722 g/mol. The summed E-state index contributed by atoms with van der Waals surface area (Å²) in [6.45, 7) is 7.44. The topological polar surface area (TPSA) is 91.0 Å². The van der Waals surface area contributed by atoms with Gasteiger partial charge in [-0.25, -0.2) is 0 Å². The van der Waals surface area contributed by atoms with Gasteiger partial charge in [-0.15, -0.1) is 0 Å². The zero-order valence-corrected chi connectivity index (χ0v) is 32.3. The monoisotopic (exact) mass is 721 g/mol. The van der Waals surface area contributed by atoms with Crippen molar-refractivity contribution in [2.24, 2.45) is 5.41 Å². The highest BCUT2D eigenvalue weighted by Crippen LogP contribution is 2.52. The summed E-state index contributed by atoms with van der Waals surface area (Å²) in [6.07, 6.45) is 3.01. The van der Waals surface area contributed by atoms with E-state index in [-0.39, 0.29) is 18.0 Å². The molecule has 0 fully saturated rings. The van der Waals surface area contributed by atoms with E-state index in [4.69, 9.17) is 28.4 Å². The summed E-state index contributed by atoms with van der Waals surface area (Å²) in [5.41, 5.74) is 6.67. The highest BCUT2D eigenvalue weighted by atomic mass is 16.5. The molecule has 0 aliphatic carbocycles. The molecule has 0 aromatic heterocycles. The first kappa shape index (κ1) is 36.4. The predicted octanol–water partition coefficient (Wildman–Crippen LogP) is 8.15. The van der Waals surface area contributed by atoms with Crippen molar-refractivity contribution in [2.75, 3.05) is 60.9 Å². The first-order valence-electron chi connectivity index (χ1n) is 18.3. The third-order valence-electron chi connectivity index (χ3n) is 10.9. The van der Waals surface area contributed by atoms with Crippen LogP contribution < -0.4 is 33.7 Å². The van der Waals surface area contributed by atoms with Crippen molar-refractivity contribution >= 4 is 11.6 Å². The molecule has 4 aromatic carbocycles. The number of carbonyl (C=O) groups is 1. The molecule has 0 unspecified atom stereocenters. The molecule has 6 bridgehead atoms. The molecule has 8 rings (SSSR count). The summed E-state index contributed by atoms with van der Waals surface area (Å²) in [4.78, 5) is 18.2. The van der Waals surface area contributed by atoms with Crippen LogP contribution in [0.4, 0.5) is 5.69 Å². The van der Waals surface area contributed by atoms with Crippen LogP contribution in [0.25, 0.3) is 0 Å². The van der Waals surface area contributed by atoms with E-state index in [2.05, 4.69) is 59.5 Å². The molecule has 4 aromatic rings. The molecule has 53 heavy (non-hydrogen) atoms. The SMILES string of the molecule is COc1cc(NC(=O)C(C)(C)C)c2cc1Oc1ccc(cc1)C[C@H]1c3cc(c(OC)cc3CCN1C)Oc1c(OC)c(OC)cc3c1[C@H](C2)N(C)CC3. The number of likely N-dealkylation sites (N-methyl/N-ethyl adjacent to an activating group) is 2. The van der Waals surface area contributed by atoms with Crippen LogP contribution >= 0.6 is 0 Å². The molecule has 4 heterocycles. The standard InChI is InChI=1S/C43H51N3O7/c1-43(2,3)42(47)44-31-24-35(49-7)36-22-28(31)19-33-39-27(15-17-46(33)5)21-38(50-8)40(51-9)41(39)53-37-23-30-26(20-34(37)48-6)14-16-45(4)32(30)18-25-10-12-29(52-36)13-11-25/h10-13,20-24,32-33H,14-19H2,1-9H3,(H,44,47)/t32-,33-/m0/s1. The third-order valence-corrected chi connectivity index (χ3v) is 10.9. The average Bonchev–Trinajstić information content (AvgIpc) is 3.14. The maximum atomic E-state index is 13.5. The zero-order chi connectivity index (χ0) is 37.6. The van der Waals surface area contributed by atoms with E-state index in [1.165, 1.54) is 16.7 Å². The van der Waals surface area contributed by atoms with Crippen LogP contribution in [0.15, 0.2) is 54.6 Å². The van der Waals surface area contributed by atoms with Gasteiger partial charge in [-0.3, -0.25) is 14.6 Å². The van der Waals surface area contributed by atoms with Gasteiger partial charge in [-0.2, -0.15) is 0 Å². The Bertz CT molecular complexity index is 2020. The summed E-state index contributed by atoms with van der Waals surface area (Å²) < 4.78 is 37.6. The molecule has 10 heteroatoms. The maximum absolute atomic E-state index is 13.5. The number of nitrogens with zero attached hydrogens (tertiary/aromatic N) is 2. The van der Waals surface area contributed by atoms with E-state index in [1.807, 2.05) is 45.0 Å². The number of rotatable bonds is 5. The highest BCUT2D eigenvalue weighted by Gasteiger charge is 2.35. The largest absolute Gasteiger partial charge is 0.493 e. The van der Waals surface area contributed by atoms with E-state index >= 15 is 0 Å². The number of benzene rings is 4. The van der Waals surface area contributed by atoms with Crippen molar-refractivity contribution in [3.63, 3.8) is 0 Å².